The molecular weight excluding hydrogens is 288 g/mol. The molecule has 0 bridgehead atoms. The summed E-state index contributed by atoms with van der Waals surface area (Å²) in [6.07, 6.45) is 1.01. The number of nitrogens with two attached hydrogens (primary N) is 1. The Morgan fingerprint density at radius 1 is 1.36 bits per heavy atom. The van der Waals surface area contributed by atoms with Gasteiger partial charge in [0, 0.05) is 13.1 Å². The van der Waals surface area contributed by atoms with Gasteiger partial charge in [0.1, 0.15) is 12.1 Å². The zero-order valence-corrected chi connectivity index (χ0v) is 12.7. The Labute approximate surface area is 129 Å². The minimum atomic E-state index is -1.14. The van der Waals surface area contributed by atoms with Gasteiger partial charge in [0.05, 0.1) is 12.0 Å². The van der Waals surface area contributed by atoms with E-state index in [1.165, 1.54) is 6.92 Å². The van der Waals surface area contributed by atoms with Crippen molar-refractivity contribution in [1.82, 2.24) is 15.5 Å². The monoisotopic (exact) mass is 312 g/mol. The Hall–Kier alpha value is -1.67. The number of nitrogens with one attached hydrogen (secondary N) is 2. The fraction of sp³-hybridized carbons (Fsp3) is 0.786. The molecule has 0 aromatic rings. The summed E-state index contributed by atoms with van der Waals surface area (Å²) in [6.45, 7) is 3.38. The molecule has 124 valence electrons. The smallest absolute Gasteiger partial charge is 0.243 e. The summed E-state index contributed by atoms with van der Waals surface area (Å²) in [6, 6.07) is -1.73. The van der Waals surface area contributed by atoms with Crippen LogP contribution in [-0.2, 0) is 14.4 Å². The van der Waals surface area contributed by atoms with Crippen LogP contribution in [0.5, 0.6) is 0 Å². The molecule has 0 saturated carbocycles. The van der Waals surface area contributed by atoms with E-state index in [2.05, 4.69) is 10.6 Å². The third kappa shape index (κ3) is 3.56. The molecule has 0 aromatic carbocycles. The van der Waals surface area contributed by atoms with E-state index < -0.39 is 30.0 Å². The zero-order chi connectivity index (χ0) is 16.3. The van der Waals surface area contributed by atoms with Gasteiger partial charge in [0.15, 0.2) is 0 Å². The average Bonchev–Trinajstić information content (AvgIpc) is 3.13. The fourth-order valence-electron chi connectivity index (χ4n) is 3.08. The van der Waals surface area contributed by atoms with E-state index >= 15 is 0 Å². The molecule has 22 heavy (non-hydrogen) atoms. The summed E-state index contributed by atoms with van der Waals surface area (Å²) in [7, 11) is 0. The highest BCUT2D eigenvalue weighted by molar-refractivity contribution is 5.92. The Kier molecular flexibility index (Phi) is 5.36. The Morgan fingerprint density at radius 3 is 2.64 bits per heavy atom. The second-order valence-electron chi connectivity index (χ2n) is 6.01. The minimum absolute atomic E-state index is 0.0182. The number of carbonyl (C=O) groups is 3. The normalized spacial score (nSPS) is 27.5. The first kappa shape index (κ1) is 16.7. The Morgan fingerprint density at radius 2 is 2.09 bits per heavy atom. The number of likely N-dealkylation sites (tertiary alicyclic amines) is 1. The minimum Gasteiger partial charge on any atom is -0.391 e. The van der Waals surface area contributed by atoms with Crippen LogP contribution in [-0.4, -0.2) is 65.5 Å². The topological polar surface area (TPSA) is 125 Å². The molecule has 4 atom stereocenters. The van der Waals surface area contributed by atoms with Gasteiger partial charge in [-0.1, -0.05) is 0 Å². The number of carbonyl (C=O) groups excluding carboxylic acids is 3. The van der Waals surface area contributed by atoms with Crippen LogP contribution in [0.15, 0.2) is 0 Å². The van der Waals surface area contributed by atoms with Gasteiger partial charge in [-0.2, -0.15) is 0 Å². The molecular formula is C14H24N4O4. The summed E-state index contributed by atoms with van der Waals surface area (Å²) in [5, 5.41) is 15.1. The van der Waals surface area contributed by atoms with Gasteiger partial charge < -0.3 is 26.4 Å². The van der Waals surface area contributed by atoms with E-state index in [1.54, 1.807) is 4.90 Å². The summed E-state index contributed by atoms with van der Waals surface area (Å²) >= 11 is 0. The molecule has 1 unspecified atom stereocenters. The maximum Gasteiger partial charge on any atom is 0.243 e. The van der Waals surface area contributed by atoms with Gasteiger partial charge in [0.25, 0.3) is 0 Å². The lowest BCUT2D eigenvalue weighted by molar-refractivity contribution is -0.142. The van der Waals surface area contributed by atoms with E-state index in [1.807, 2.05) is 0 Å². The molecule has 2 aliphatic rings. The van der Waals surface area contributed by atoms with Gasteiger partial charge >= 0.3 is 0 Å². The van der Waals surface area contributed by atoms with Crippen LogP contribution in [0, 0.1) is 5.92 Å². The third-order valence-electron chi connectivity index (χ3n) is 4.33. The van der Waals surface area contributed by atoms with E-state index in [-0.39, 0.29) is 11.8 Å². The van der Waals surface area contributed by atoms with Crippen LogP contribution in [0.1, 0.15) is 26.2 Å². The van der Waals surface area contributed by atoms with Crippen molar-refractivity contribution in [3.8, 4) is 0 Å². The molecule has 8 heteroatoms. The zero-order valence-electron chi connectivity index (χ0n) is 12.7. The highest BCUT2D eigenvalue weighted by atomic mass is 16.3. The van der Waals surface area contributed by atoms with Crippen LogP contribution in [0.4, 0.5) is 0 Å². The van der Waals surface area contributed by atoms with Crippen LogP contribution < -0.4 is 16.4 Å². The predicted octanol–water partition coefficient (Wildman–Crippen LogP) is -2.06. The lowest BCUT2D eigenvalue weighted by atomic mass is 10.1. The number of aliphatic hydroxyl groups is 1. The third-order valence-corrected chi connectivity index (χ3v) is 4.33. The van der Waals surface area contributed by atoms with Crippen LogP contribution in [0.3, 0.4) is 0 Å². The first-order valence-electron chi connectivity index (χ1n) is 7.70. The summed E-state index contributed by atoms with van der Waals surface area (Å²) in [5.74, 6) is -1.33. The standard InChI is InChI=1S/C14H24N4O4/c1-8(19)11(12(15)20)17-13(21)10-3-2-6-18(10)14(22)9-4-5-16-7-9/h8-11,16,19H,2-7H2,1H3,(H2,15,20)(H,17,21)/t8-,9+,10?,11+/m1/s1. The quantitative estimate of drug-likeness (QED) is 0.464. The van der Waals surface area contributed by atoms with Gasteiger partial charge in [-0.15, -0.1) is 0 Å². The predicted molar refractivity (Wildman–Crippen MR) is 78.5 cm³/mol. The SMILES string of the molecule is C[C@@H](O)[C@H](NC(=O)C1CCCN1C(=O)[C@H]1CCNC1)C(N)=O. The second-order valence-corrected chi connectivity index (χ2v) is 6.01. The van der Waals surface area contributed by atoms with Crippen molar-refractivity contribution in [3.05, 3.63) is 0 Å². The van der Waals surface area contributed by atoms with E-state index in [4.69, 9.17) is 5.73 Å². The van der Waals surface area contributed by atoms with Crippen molar-refractivity contribution in [3.63, 3.8) is 0 Å². The van der Waals surface area contributed by atoms with E-state index in [0.29, 0.717) is 19.5 Å². The Balaban J connectivity index is 2.01. The van der Waals surface area contributed by atoms with E-state index in [0.717, 1.165) is 19.4 Å². The summed E-state index contributed by atoms with van der Waals surface area (Å²) < 4.78 is 0. The molecule has 5 N–H and O–H groups in total. The molecule has 8 nitrogen and oxygen atoms in total. The molecule has 0 spiro atoms. The van der Waals surface area contributed by atoms with Gasteiger partial charge in [-0.05, 0) is 32.7 Å². The molecule has 0 aromatic heterocycles. The lowest BCUT2D eigenvalue weighted by Crippen LogP contribution is -2.56. The molecule has 2 aliphatic heterocycles. The highest BCUT2D eigenvalue weighted by Gasteiger charge is 2.39. The average molecular weight is 312 g/mol. The van der Waals surface area contributed by atoms with Crippen molar-refractivity contribution in [2.24, 2.45) is 11.7 Å². The Bertz CT molecular complexity index is 448. The molecule has 2 heterocycles. The molecule has 2 saturated heterocycles. The first-order chi connectivity index (χ1) is 10.4. The number of aliphatic hydroxyl groups excluding tert-OH is 1. The van der Waals surface area contributed by atoms with Gasteiger partial charge in [-0.3, -0.25) is 14.4 Å². The molecule has 2 fully saturated rings. The van der Waals surface area contributed by atoms with Gasteiger partial charge in [-0.25, -0.2) is 0 Å². The van der Waals surface area contributed by atoms with Crippen LogP contribution in [0.2, 0.25) is 0 Å². The highest BCUT2D eigenvalue weighted by Crippen LogP contribution is 2.22. The number of nitrogens with zero attached hydrogens (tertiary/aromatic N) is 1. The lowest BCUT2D eigenvalue weighted by Gasteiger charge is -2.28. The molecule has 0 radical (unpaired) electrons. The largest absolute Gasteiger partial charge is 0.391 e. The maximum atomic E-state index is 12.5. The number of primary amides is 1. The van der Waals surface area contributed by atoms with Crippen LogP contribution in [0.25, 0.3) is 0 Å². The number of amides is 3. The van der Waals surface area contributed by atoms with Crippen molar-refractivity contribution < 1.29 is 19.5 Å². The number of hydrogen-bond acceptors (Lipinski definition) is 5. The number of hydrogen-bond donors (Lipinski definition) is 4. The van der Waals surface area contributed by atoms with Crippen molar-refractivity contribution >= 4 is 17.7 Å². The maximum absolute atomic E-state index is 12.5. The second kappa shape index (κ2) is 7.06. The van der Waals surface area contributed by atoms with Gasteiger partial charge in [0.2, 0.25) is 17.7 Å². The van der Waals surface area contributed by atoms with Crippen molar-refractivity contribution in [2.75, 3.05) is 19.6 Å². The van der Waals surface area contributed by atoms with Crippen molar-refractivity contribution in [1.29, 1.82) is 0 Å². The molecule has 0 aliphatic carbocycles. The van der Waals surface area contributed by atoms with E-state index in [9.17, 15) is 19.5 Å². The fourth-order valence-corrected chi connectivity index (χ4v) is 3.08. The van der Waals surface area contributed by atoms with Crippen molar-refractivity contribution in [2.45, 2.75) is 44.4 Å². The molecule has 2 rings (SSSR count). The summed E-state index contributed by atoms with van der Waals surface area (Å²) in [5.41, 5.74) is 5.18. The van der Waals surface area contributed by atoms with Crippen LogP contribution >= 0.6 is 0 Å². The first-order valence-corrected chi connectivity index (χ1v) is 7.70. The number of rotatable bonds is 5. The molecule has 3 amide bonds. The summed E-state index contributed by atoms with van der Waals surface area (Å²) in [4.78, 5) is 37.7.